The number of rotatable bonds is 2. The van der Waals surface area contributed by atoms with Crippen LogP contribution in [0.1, 0.15) is 5.56 Å². The van der Waals surface area contributed by atoms with Gasteiger partial charge in [-0.05, 0) is 29.3 Å². The van der Waals surface area contributed by atoms with Crippen LogP contribution in [0.2, 0.25) is 15.1 Å². The fourth-order valence-corrected chi connectivity index (χ4v) is 2.38. The summed E-state index contributed by atoms with van der Waals surface area (Å²) in [6.07, 6.45) is 1.78. The van der Waals surface area contributed by atoms with Crippen molar-refractivity contribution in [3.63, 3.8) is 0 Å². The van der Waals surface area contributed by atoms with Gasteiger partial charge in [-0.1, -0.05) is 34.8 Å². The predicted octanol–water partition coefficient (Wildman–Crippen LogP) is 4.36. The third-order valence-corrected chi connectivity index (χ3v) is 3.81. The first-order valence-corrected chi connectivity index (χ1v) is 6.43. The third-order valence-electron chi connectivity index (χ3n) is 2.61. The van der Waals surface area contributed by atoms with Crippen LogP contribution in [0.25, 0.3) is 11.1 Å². The molecule has 1 aromatic heterocycles. The minimum absolute atomic E-state index is 0.222. The Kier molecular flexibility index (Phi) is 4.16. The van der Waals surface area contributed by atoms with Crippen LogP contribution in [0, 0.1) is 11.3 Å². The molecule has 0 amide bonds. The minimum atomic E-state index is 0.222. The zero-order chi connectivity index (χ0) is 14.0. The average molecular weight is 313 g/mol. The molecule has 0 aliphatic rings. The molecule has 2 rings (SSSR count). The Morgan fingerprint density at radius 3 is 2.42 bits per heavy atom. The lowest BCUT2D eigenvalue weighted by Crippen LogP contribution is -1.98. The topological polar surface area (TPSA) is 62.7 Å². The number of nitrogens with two attached hydrogens (primary N) is 1. The van der Waals surface area contributed by atoms with Crippen LogP contribution in [0.5, 0.6) is 0 Å². The van der Waals surface area contributed by atoms with Gasteiger partial charge in [-0.2, -0.15) is 5.26 Å². The van der Waals surface area contributed by atoms with Crippen molar-refractivity contribution in [2.24, 2.45) is 0 Å². The number of halogens is 3. The standard InChI is InChI=1S/C13H8Cl3N3/c14-9-5-8(6-10(15)12(9)16)11-7(1-3-17)2-4-19-13(11)18/h2,4-6H,1H2,(H2,18,19). The van der Waals surface area contributed by atoms with Crippen LogP contribution >= 0.6 is 34.8 Å². The summed E-state index contributed by atoms with van der Waals surface area (Å²) in [5.41, 5.74) is 8.00. The molecule has 0 aliphatic heterocycles. The number of pyridine rings is 1. The molecule has 3 nitrogen and oxygen atoms in total. The van der Waals surface area contributed by atoms with Gasteiger partial charge < -0.3 is 5.73 Å². The Bertz CT molecular complexity index is 654. The van der Waals surface area contributed by atoms with E-state index in [4.69, 9.17) is 45.8 Å². The van der Waals surface area contributed by atoms with E-state index in [-0.39, 0.29) is 11.4 Å². The highest BCUT2D eigenvalue weighted by molar-refractivity contribution is 6.48. The van der Waals surface area contributed by atoms with E-state index < -0.39 is 0 Å². The van der Waals surface area contributed by atoms with Crippen LogP contribution in [-0.4, -0.2) is 4.98 Å². The second-order valence-corrected chi connectivity index (χ2v) is 5.01. The maximum atomic E-state index is 8.85. The Morgan fingerprint density at radius 2 is 1.84 bits per heavy atom. The third kappa shape index (κ3) is 2.76. The maximum Gasteiger partial charge on any atom is 0.131 e. The monoisotopic (exact) mass is 311 g/mol. The first kappa shape index (κ1) is 14.0. The molecule has 0 saturated carbocycles. The lowest BCUT2D eigenvalue weighted by Gasteiger charge is -2.11. The summed E-state index contributed by atoms with van der Waals surface area (Å²) >= 11 is 17.9. The van der Waals surface area contributed by atoms with E-state index in [1.54, 1.807) is 24.4 Å². The molecular weight excluding hydrogens is 305 g/mol. The Balaban J connectivity index is 2.68. The largest absolute Gasteiger partial charge is 0.383 e. The van der Waals surface area contributed by atoms with Gasteiger partial charge in [0.2, 0.25) is 0 Å². The average Bonchev–Trinajstić information content (AvgIpc) is 2.36. The van der Waals surface area contributed by atoms with Crippen molar-refractivity contribution >= 4 is 40.6 Å². The first-order chi connectivity index (χ1) is 9.04. The molecule has 0 atom stereocenters. The highest BCUT2D eigenvalue weighted by atomic mass is 35.5. The van der Waals surface area contributed by atoms with Crippen molar-refractivity contribution in [3.05, 3.63) is 45.0 Å². The molecule has 2 aromatic rings. The molecule has 0 saturated heterocycles. The molecule has 0 unspecified atom stereocenters. The van der Waals surface area contributed by atoms with Crippen molar-refractivity contribution in [2.75, 3.05) is 5.73 Å². The molecule has 0 bridgehead atoms. The van der Waals surface area contributed by atoms with Gasteiger partial charge in [-0.25, -0.2) is 4.98 Å². The second-order valence-electron chi connectivity index (χ2n) is 3.82. The van der Waals surface area contributed by atoms with Gasteiger partial charge >= 0.3 is 0 Å². The molecule has 2 N–H and O–H groups in total. The number of anilines is 1. The molecule has 6 heteroatoms. The quantitative estimate of drug-likeness (QED) is 0.838. The second kappa shape index (κ2) is 5.66. The molecule has 19 heavy (non-hydrogen) atoms. The zero-order valence-electron chi connectivity index (χ0n) is 9.62. The Hall–Kier alpha value is -1.47. The maximum absolute atomic E-state index is 8.85. The highest BCUT2D eigenvalue weighted by Gasteiger charge is 2.13. The van der Waals surface area contributed by atoms with Crippen molar-refractivity contribution in [1.82, 2.24) is 4.98 Å². The van der Waals surface area contributed by atoms with Gasteiger partial charge in [0.15, 0.2) is 0 Å². The van der Waals surface area contributed by atoms with E-state index >= 15 is 0 Å². The summed E-state index contributed by atoms with van der Waals surface area (Å²) in [5, 5.41) is 9.80. The number of hydrogen-bond donors (Lipinski definition) is 1. The summed E-state index contributed by atoms with van der Waals surface area (Å²) in [6, 6.07) is 7.14. The van der Waals surface area contributed by atoms with Crippen molar-refractivity contribution in [3.8, 4) is 17.2 Å². The Morgan fingerprint density at radius 1 is 1.21 bits per heavy atom. The SMILES string of the molecule is N#CCc1ccnc(N)c1-c1cc(Cl)c(Cl)c(Cl)c1. The number of benzene rings is 1. The van der Waals surface area contributed by atoms with Gasteiger partial charge in [0, 0.05) is 11.8 Å². The van der Waals surface area contributed by atoms with Crippen molar-refractivity contribution in [2.45, 2.75) is 6.42 Å². The highest BCUT2D eigenvalue weighted by Crippen LogP contribution is 2.37. The zero-order valence-corrected chi connectivity index (χ0v) is 11.9. The minimum Gasteiger partial charge on any atom is -0.383 e. The van der Waals surface area contributed by atoms with Crippen molar-refractivity contribution in [1.29, 1.82) is 5.26 Å². The summed E-state index contributed by atoms with van der Waals surface area (Å²) in [7, 11) is 0. The first-order valence-electron chi connectivity index (χ1n) is 5.29. The number of nitrogen functional groups attached to an aromatic ring is 1. The number of aromatic nitrogens is 1. The van der Waals surface area contributed by atoms with E-state index in [2.05, 4.69) is 11.1 Å². The van der Waals surface area contributed by atoms with Crippen LogP contribution in [0.15, 0.2) is 24.4 Å². The van der Waals surface area contributed by atoms with Gasteiger partial charge in [0.25, 0.3) is 0 Å². The molecular formula is C13H8Cl3N3. The van der Waals surface area contributed by atoms with Gasteiger partial charge in [0.05, 0.1) is 27.6 Å². The molecule has 0 fully saturated rings. The lowest BCUT2D eigenvalue weighted by molar-refractivity contribution is 1.22. The molecule has 0 radical (unpaired) electrons. The Labute approximate surface area is 125 Å². The number of nitrogens with zero attached hydrogens (tertiary/aromatic N) is 2. The lowest BCUT2D eigenvalue weighted by atomic mass is 9.99. The van der Waals surface area contributed by atoms with E-state index in [0.29, 0.717) is 27.0 Å². The summed E-state index contributed by atoms with van der Waals surface area (Å²) in [4.78, 5) is 4.03. The molecule has 1 aromatic carbocycles. The predicted molar refractivity (Wildman–Crippen MR) is 78.4 cm³/mol. The molecule has 0 aliphatic carbocycles. The van der Waals surface area contributed by atoms with Gasteiger partial charge in [-0.3, -0.25) is 0 Å². The van der Waals surface area contributed by atoms with E-state index in [1.165, 1.54) is 0 Å². The van der Waals surface area contributed by atoms with Gasteiger partial charge in [-0.15, -0.1) is 0 Å². The van der Waals surface area contributed by atoms with E-state index in [1.807, 2.05) is 0 Å². The number of nitriles is 1. The molecule has 96 valence electrons. The fraction of sp³-hybridized carbons (Fsp3) is 0.0769. The molecule has 0 spiro atoms. The number of hydrogen-bond acceptors (Lipinski definition) is 3. The van der Waals surface area contributed by atoms with Crippen molar-refractivity contribution < 1.29 is 0 Å². The van der Waals surface area contributed by atoms with Crippen LogP contribution in [0.4, 0.5) is 5.82 Å². The normalized spacial score (nSPS) is 10.2. The van der Waals surface area contributed by atoms with Gasteiger partial charge in [0.1, 0.15) is 5.82 Å². The fourth-order valence-electron chi connectivity index (χ4n) is 1.79. The van der Waals surface area contributed by atoms with Crippen LogP contribution in [-0.2, 0) is 6.42 Å². The van der Waals surface area contributed by atoms with E-state index in [0.717, 1.165) is 5.56 Å². The van der Waals surface area contributed by atoms with Crippen LogP contribution in [0.3, 0.4) is 0 Å². The summed E-state index contributed by atoms with van der Waals surface area (Å²) in [5.74, 6) is 0.321. The summed E-state index contributed by atoms with van der Waals surface area (Å²) < 4.78 is 0. The smallest absolute Gasteiger partial charge is 0.131 e. The molecule has 1 heterocycles. The van der Waals surface area contributed by atoms with Crippen LogP contribution < -0.4 is 5.73 Å². The summed E-state index contributed by atoms with van der Waals surface area (Å²) in [6.45, 7) is 0. The van der Waals surface area contributed by atoms with E-state index in [9.17, 15) is 0 Å².